The van der Waals surface area contributed by atoms with E-state index < -0.39 is 0 Å². The number of carbonyl (C=O) groups excluding carboxylic acids is 1. The van der Waals surface area contributed by atoms with E-state index in [4.69, 9.17) is 0 Å². The molecular formula is C16H21N5O. The smallest absolute Gasteiger partial charge is 0.237 e. The van der Waals surface area contributed by atoms with E-state index in [9.17, 15) is 4.79 Å². The second-order valence-electron chi connectivity index (χ2n) is 5.62. The van der Waals surface area contributed by atoms with Crippen molar-refractivity contribution in [3.05, 3.63) is 48.0 Å². The second-order valence-corrected chi connectivity index (χ2v) is 5.62. The fraction of sp³-hybridized carbons (Fsp3) is 0.438. The summed E-state index contributed by atoms with van der Waals surface area (Å²) in [6.45, 7) is 5.03. The van der Waals surface area contributed by atoms with Crippen LogP contribution in [0.15, 0.2) is 36.7 Å². The van der Waals surface area contributed by atoms with Gasteiger partial charge in [-0.3, -0.25) is 9.69 Å². The van der Waals surface area contributed by atoms with Gasteiger partial charge in [0.1, 0.15) is 12.2 Å². The zero-order valence-electron chi connectivity index (χ0n) is 12.8. The SMILES string of the molecule is Cc1nncn1CCNC(=O)C1CCN1Cc1ccccc1. The number of nitrogens with zero attached hydrogens (tertiary/aromatic N) is 4. The Kier molecular flexibility index (Phi) is 4.48. The molecule has 0 saturated carbocycles. The van der Waals surface area contributed by atoms with Crippen LogP contribution >= 0.6 is 0 Å². The molecular weight excluding hydrogens is 278 g/mol. The summed E-state index contributed by atoms with van der Waals surface area (Å²) in [5.41, 5.74) is 1.25. The van der Waals surface area contributed by atoms with Crippen LogP contribution in [0.25, 0.3) is 0 Å². The number of aromatic nitrogens is 3. The molecule has 0 bridgehead atoms. The molecule has 116 valence electrons. The van der Waals surface area contributed by atoms with Crippen molar-refractivity contribution in [2.45, 2.75) is 32.5 Å². The minimum absolute atomic E-state index is 0.00205. The van der Waals surface area contributed by atoms with Gasteiger partial charge in [0.2, 0.25) is 5.91 Å². The Labute approximate surface area is 130 Å². The highest BCUT2D eigenvalue weighted by Crippen LogP contribution is 2.20. The topological polar surface area (TPSA) is 63.1 Å². The summed E-state index contributed by atoms with van der Waals surface area (Å²) in [6, 6.07) is 10.3. The number of rotatable bonds is 6. The molecule has 1 saturated heterocycles. The number of aryl methyl sites for hydroxylation is 1. The first-order valence-corrected chi connectivity index (χ1v) is 7.64. The molecule has 3 rings (SSSR count). The number of amides is 1. The number of carbonyl (C=O) groups is 1. The number of nitrogens with one attached hydrogen (secondary N) is 1. The van der Waals surface area contributed by atoms with Crippen molar-refractivity contribution < 1.29 is 4.79 Å². The maximum Gasteiger partial charge on any atom is 0.237 e. The van der Waals surface area contributed by atoms with Crippen LogP contribution in [0.3, 0.4) is 0 Å². The molecule has 1 aromatic heterocycles. The molecule has 2 aromatic rings. The standard InChI is InChI=1S/C16H21N5O/c1-13-19-18-12-21(13)10-8-17-16(22)15-7-9-20(15)11-14-5-3-2-4-6-14/h2-6,12,15H,7-11H2,1H3,(H,17,22). The highest BCUT2D eigenvalue weighted by atomic mass is 16.2. The van der Waals surface area contributed by atoms with E-state index in [1.807, 2.05) is 29.7 Å². The average Bonchev–Trinajstić information content (AvgIpc) is 2.90. The molecule has 1 N–H and O–H groups in total. The molecule has 6 heteroatoms. The maximum atomic E-state index is 12.2. The van der Waals surface area contributed by atoms with Gasteiger partial charge in [-0.05, 0) is 18.9 Å². The third kappa shape index (κ3) is 3.33. The lowest BCUT2D eigenvalue weighted by atomic mass is 10.0. The summed E-state index contributed by atoms with van der Waals surface area (Å²) in [7, 11) is 0. The van der Waals surface area contributed by atoms with Gasteiger partial charge in [-0.1, -0.05) is 30.3 Å². The van der Waals surface area contributed by atoms with Crippen molar-refractivity contribution in [2.24, 2.45) is 0 Å². The summed E-state index contributed by atoms with van der Waals surface area (Å²) < 4.78 is 1.93. The molecule has 1 atom stereocenters. The minimum Gasteiger partial charge on any atom is -0.353 e. The molecule has 6 nitrogen and oxygen atoms in total. The largest absolute Gasteiger partial charge is 0.353 e. The molecule has 2 heterocycles. The van der Waals surface area contributed by atoms with Crippen molar-refractivity contribution in [3.8, 4) is 0 Å². The van der Waals surface area contributed by atoms with E-state index >= 15 is 0 Å². The number of hydrogen-bond acceptors (Lipinski definition) is 4. The van der Waals surface area contributed by atoms with E-state index in [-0.39, 0.29) is 11.9 Å². The van der Waals surface area contributed by atoms with Crippen molar-refractivity contribution >= 4 is 5.91 Å². The molecule has 22 heavy (non-hydrogen) atoms. The normalized spacial score (nSPS) is 18.0. The predicted molar refractivity (Wildman–Crippen MR) is 83.0 cm³/mol. The predicted octanol–water partition coefficient (Wildman–Crippen LogP) is 0.977. The first kappa shape index (κ1) is 14.7. The molecule has 1 amide bonds. The Balaban J connectivity index is 1.45. The van der Waals surface area contributed by atoms with E-state index in [1.54, 1.807) is 6.33 Å². The molecule has 1 fully saturated rings. The summed E-state index contributed by atoms with van der Waals surface area (Å²) in [5, 5.41) is 10.8. The Morgan fingerprint density at radius 2 is 2.18 bits per heavy atom. The Bertz CT molecular complexity index is 624. The first-order chi connectivity index (χ1) is 10.7. The molecule has 1 aliphatic heterocycles. The fourth-order valence-electron chi connectivity index (χ4n) is 2.69. The maximum absolute atomic E-state index is 12.2. The average molecular weight is 299 g/mol. The van der Waals surface area contributed by atoms with Crippen LogP contribution in [0.4, 0.5) is 0 Å². The van der Waals surface area contributed by atoms with Crippen LogP contribution in [-0.4, -0.2) is 44.7 Å². The third-order valence-corrected chi connectivity index (χ3v) is 4.12. The molecule has 0 spiro atoms. The monoisotopic (exact) mass is 299 g/mol. The van der Waals surface area contributed by atoms with Crippen LogP contribution in [0.1, 0.15) is 17.8 Å². The van der Waals surface area contributed by atoms with Gasteiger partial charge in [-0.15, -0.1) is 10.2 Å². The van der Waals surface area contributed by atoms with E-state index in [2.05, 4.69) is 32.5 Å². The quantitative estimate of drug-likeness (QED) is 0.863. The lowest BCUT2D eigenvalue weighted by Gasteiger charge is -2.39. The highest BCUT2D eigenvalue weighted by Gasteiger charge is 2.33. The lowest BCUT2D eigenvalue weighted by Crippen LogP contribution is -2.55. The van der Waals surface area contributed by atoms with Gasteiger partial charge in [0.15, 0.2) is 0 Å². The van der Waals surface area contributed by atoms with Crippen LogP contribution < -0.4 is 5.32 Å². The zero-order valence-corrected chi connectivity index (χ0v) is 12.8. The Morgan fingerprint density at radius 3 is 2.82 bits per heavy atom. The van der Waals surface area contributed by atoms with E-state index in [0.29, 0.717) is 13.1 Å². The van der Waals surface area contributed by atoms with Crippen LogP contribution in [0.2, 0.25) is 0 Å². The molecule has 1 unspecified atom stereocenters. The molecule has 0 radical (unpaired) electrons. The molecule has 1 aliphatic rings. The third-order valence-electron chi connectivity index (χ3n) is 4.12. The van der Waals surface area contributed by atoms with Gasteiger partial charge >= 0.3 is 0 Å². The number of benzene rings is 1. The van der Waals surface area contributed by atoms with E-state index in [1.165, 1.54) is 5.56 Å². The van der Waals surface area contributed by atoms with Gasteiger partial charge in [0, 0.05) is 26.2 Å². The minimum atomic E-state index is 0.00205. The van der Waals surface area contributed by atoms with E-state index in [0.717, 1.165) is 25.3 Å². The van der Waals surface area contributed by atoms with Crippen molar-refractivity contribution in [1.82, 2.24) is 25.0 Å². The fourth-order valence-corrected chi connectivity index (χ4v) is 2.69. The van der Waals surface area contributed by atoms with Crippen LogP contribution in [-0.2, 0) is 17.9 Å². The molecule has 0 aliphatic carbocycles. The first-order valence-electron chi connectivity index (χ1n) is 7.64. The van der Waals surface area contributed by atoms with Gasteiger partial charge in [-0.2, -0.15) is 0 Å². The summed E-state index contributed by atoms with van der Waals surface area (Å²) in [5.74, 6) is 0.983. The van der Waals surface area contributed by atoms with Crippen LogP contribution in [0, 0.1) is 6.92 Å². The van der Waals surface area contributed by atoms with Gasteiger partial charge in [0.05, 0.1) is 6.04 Å². The number of hydrogen-bond donors (Lipinski definition) is 1. The molecule has 1 aromatic carbocycles. The van der Waals surface area contributed by atoms with Gasteiger partial charge in [-0.25, -0.2) is 0 Å². The second kappa shape index (κ2) is 6.70. The van der Waals surface area contributed by atoms with Crippen LogP contribution in [0.5, 0.6) is 0 Å². The van der Waals surface area contributed by atoms with Gasteiger partial charge < -0.3 is 9.88 Å². The Morgan fingerprint density at radius 1 is 1.36 bits per heavy atom. The Hall–Kier alpha value is -2.21. The highest BCUT2D eigenvalue weighted by molar-refractivity contribution is 5.82. The van der Waals surface area contributed by atoms with Crippen molar-refractivity contribution in [2.75, 3.05) is 13.1 Å². The lowest BCUT2D eigenvalue weighted by molar-refractivity contribution is -0.131. The summed E-state index contributed by atoms with van der Waals surface area (Å²) in [4.78, 5) is 14.5. The number of likely N-dealkylation sites (tertiary alicyclic amines) is 1. The zero-order chi connectivity index (χ0) is 15.4. The van der Waals surface area contributed by atoms with Crippen molar-refractivity contribution in [1.29, 1.82) is 0 Å². The summed E-state index contributed by atoms with van der Waals surface area (Å²) >= 11 is 0. The summed E-state index contributed by atoms with van der Waals surface area (Å²) in [6.07, 6.45) is 2.62. The van der Waals surface area contributed by atoms with Gasteiger partial charge in [0.25, 0.3) is 0 Å². The van der Waals surface area contributed by atoms with Crippen molar-refractivity contribution in [3.63, 3.8) is 0 Å².